The van der Waals surface area contributed by atoms with Gasteiger partial charge in [0, 0.05) is 20.0 Å². The summed E-state index contributed by atoms with van der Waals surface area (Å²) in [5.41, 5.74) is 6.62. The monoisotopic (exact) mass is 278 g/mol. The van der Waals surface area contributed by atoms with Crippen LogP contribution in [0.5, 0.6) is 5.75 Å². The summed E-state index contributed by atoms with van der Waals surface area (Å²) in [4.78, 5) is 13.8. The number of methoxy groups -OCH3 is 1. The van der Waals surface area contributed by atoms with Gasteiger partial charge in [-0.1, -0.05) is 19.1 Å². The van der Waals surface area contributed by atoms with Gasteiger partial charge >= 0.3 is 0 Å². The molecule has 1 amide bonds. The number of ether oxygens (including phenoxy) is 1. The van der Waals surface area contributed by atoms with E-state index >= 15 is 0 Å². The van der Waals surface area contributed by atoms with Crippen molar-refractivity contribution in [2.75, 3.05) is 20.7 Å². The Morgan fingerprint density at radius 1 is 1.30 bits per heavy atom. The van der Waals surface area contributed by atoms with E-state index < -0.39 is 0 Å². The van der Waals surface area contributed by atoms with E-state index in [1.807, 2.05) is 31.3 Å². The van der Waals surface area contributed by atoms with Crippen LogP contribution in [0, 0.1) is 5.92 Å². The van der Waals surface area contributed by atoms with Gasteiger partial charge in [-0.05, 0) is 43.0 Å². The summed E-state index contributed by atoms with van der Waals surface area (Å²) in [6, 6.07) is 7.80. The Labute approximate surface area is 121 Å². The first kappa shape index (κ1) is 16.5. The van der Waals surface area contributed by atoms with Gasteiger partial charge < -0.3 is 15.4 Å². The summed E-state index contributed by atoms with van der Waals surface area (Å²) >= 11 is 0. The number of rotatable bonds is 8. The van der Waals surface area contributed by atoms with Crippen LogP contribution in [0.4, 0.5) is 0 Å². The van der Waals surface area contributed by atoms with E-state index in [0.717, 1.165) is 24.2 Å². The highest BCUT2D eigenvalue weighted by Gasteiger charge is 2.11. The first-order valence-corrected chi connectivity index (χ1v) is 7.13. The van der Waals surface area contributed by atoms with Crippen LogP contribution in [-0.2, 0) is 11.3 Å². The molecular weight excluding hydrogens is 252 g/mol. The molecule has 0 bridgehead atoms. The molecule has 0 aliphatic heterocycles. The molecule has 0 radical (unpaired) electrons. The third-order valence-electron chi connectivity index (χ3n) is 3.52. The number of hydrogen-bond donors (Lipinski definition) is 1. The Bertz CT molecular complexity index is 403. The maximum absolute atomic E-state index is 12.0. The Morgan fingerprint density at radius 3 is 2.50 bits per heavy atom. The molecule has 0 aliphatic rings. The fourth-order valence-corrected chi connectivity index (χ4v) is 2.08. The van der Waals surface area contributed by atoms with Gasteiger partial charge in [-0.15, -0.1) is 0 Å². The van der Waals surface area contributed by atoms with E-state index in [1.54, 1.807) is 12.0 Å². The predicted octanol–water partition coefficient (Wildman–Crippen LogP) is 2.42. The molecule has 1 aromatic rings. The van der Waals surface area contributed by atoms with E-state index in [9.17, 15) is 4.79 Å². The van der Waals surface area contributed by atoms with Gasteiger partial charge in [-0.25, -0.2) is 0 Å². The zero-order chi connectivity index (χ0) is 15.0. The predicted molar refractivity (Wildman–Crippen MR) is 81.5 cm³/mol. The Morgan fingerprint density at radius 2 is 1.95 bits per heavy atom. The second kappa shape index (κ2) is 8.59. The number of amides is 1. The molecule has 0 spiro atoms. The first-order chi connectivity index (χ1) is 9.56. The lowest BCUT2D eigenvalue weighted by Crippen LogP contribution is -2.26. The highest BCUT2D eigenvalue weighted by atomic mass is 16.5. The molecule has 1 atom stereocenters. The van der Waals surface area contributed by atoms with Crippen molar-refractivity contribution >= 4 is 5.91 Å². The Balaban J connectivity index is 2.40. The molecule has 0 aliphatic carbocycles. The van der Waals surface area contributed by atoms with Gasteiger partial charge in [-0.2, -0.15) is 0 Å². The van der Waals surface area contributed by atoms with Crippen molar-refractivity contribution in [3.63, 3.8) is 0 Å². The molecule has 0 saturated carbocycles. The minimum atomic E-state index is 0.185. The summed E-state index contributed by atoms with van der Waals surface area (Å²) in [5.74, 6) is 1.53. The van der Waals surface area contributed by atoms with Gasteiger partial charge in [-0.3, -0.25) is 4.79 Å². The molecule has 2 N–H and O–H groups in total. The van der Waals surface area contributed by atoms with Gasteiger partial charge in [0.2, 0.25) is 5.91 Å². The molecule has 4 heteroatoms. The summed E-state index contributed by atoms with van der Waals surface area (Å²) in [6.07, 6.45) is 2.48. The van der Waals surface area contributed by atoms with E-state index in [1.165, 1.54) is 0 Å². The fourth-order valence-electron chi connectivity index (χ4n) is 2.08. The summed E-state index contributed by atoms with van der Waals surface area (Å²) in [6.45, 7) is 3.47. The van der Waals surface area contributed by atoms with Crippen LogP contribution in [-0.4, -0.2) is 31.5 Å². The molecule has 1 rings (SSSR count). The van der Waals surface area contributed by atoms with Gasteiger partial charge in [0.05, 0.1) is 7.11 Å². The van der Waals surface area contributed by atoms with Crippen molar-refractivity contribution in [2.24, 2.45) is 11.7 Å². The summed E-state index contributed by atoms with van der Waals surface area (Å²) in [7, 11) is 3.49. The average molecular weight is 278 g/mol. The number of carbonyl (C=O) groups is 1. The number of hydrogen-bond acceptors (Lipinski definition) is 3. The molecule has 0 aromatic heterocycles. The third-order valence-corrected chi connectivity index (χ3v) is 3.52. The summed E-state index contributed by atoms with van der Waals surface area (Å²) in [5, 5.41) is 0. The summed E-state index contributed by atoms with van der Waals surface area (Å²) < 4.78 is 5.12. The van der Waals surface area contributed by atoms with E-state index in [4.69, 9.17) is 10.5 Å². The van der Waals surface area contributed by atoms with E-state index in [2.05, 4.69) is 6.92 Å². The topological polar surface area (TPSA) is 55.6 Å². The molecule has 0 saturated heterocycles. The second-order valence-corrected chi connectivity index (χ2v) is 5.32. The molecule has 112 valence electrons. The smallest absolute Gasteiger partial charge is 0.222 e. The van der Waals surface area contributed by atoms with Crippen LogP contribution < -0.4 is 10.5 Å². The lowest BCUT2D eigenvalue weighted by molar-refractivity contribution is -0.130. The number of nitrogens with two attached hydrogens (primary N) is 1. The number of carbonyl (C=O) groups excluding carboxylic acids is 1. The van der Waals surface area contributed by atoms with Crippen LogP contribution in [0.2, 0.25) is 0 Å². The molecule has 4 nitrogen and oxygen atoms in total. The minimum absolute atomic E-state index is 0.185. The van der Waals surface area contributed by atoms with Crippen molar-refractivity contribution in [3.8, 4) is 5.75 Å². The highest BCUT2D eigenvalue weighted by molar-refractivity contribution is 5.75. The highest BCUT2D eigenvalue weighted by Crippen LogP contribution is 2.14. The van der Waals surface area contributed by atoms with Crippen LogP contribution in [0.3, 0.4) is 0 Å². The number of benzene rings is 1. The largest absolute Gasteiger partial charge is 0.497 e. The fraction of sp³-hybridized carbons (Fsp3) is 0.562. The van der Waals surface area contributed by atoms with Crippen molar-refractivity contribution < 1.29 is 9.53 Å². The van der Waals surface area contributed by atoms with E-state index in [-0.39, 0.29) is 5.91 Å². The van der Waals surface area contributed by atoms with Crippen LogP contribution in [0.1, 0.15) is 31.7 Å². The lowest BCUT2D eigenvalue weighted by atomic mass is 10.0. The normalized spacial score (nSPS) is 12.0. The lowest BCUT2D eigenvalue weighted by Gasteiger charge is -2.18. The molecular formula is C16H26N2O2. The van der Waals surface area contributed by atoms with Crippen LogP contribution >= 0.6 is 0 Å². The second-order valence-electron chi connectivity index (χ2n) is 5.32. The van der Waals surface area contributed by atoms with Crippen molar-refractivity contribution in [2.45, 2.75) is 32.7 Å². The van der Waals surface area contributed by atoms with Gasteiger partial charge in [0.1, 0.15) is 5.75 Å². The maximum atomic E-state index is 12.0. The van der Waals surface area contributed by atoms with Crippen molar-refractivity contribution in [1.29, 1.82) is 0 Å². The molecule has 0 heterocycles. The van der Waals surface area contributed by atoms with Gasteiger partial charge in [0.15, 0.2) is 0 Å². The molecule has 1 aromatic carbocycles. The van der Waals surface area contributed by atoms with Crippen molar-refractivity contribution in [1.82, 2.24) is 4.90 Å². The number of nitrogens with zero attached hydrogens (tertiary/aromatic N) is 1. The van der Waals surface area contributed by atoms with Crippen LogP contribution in [0.25, 0.3) is 0 Å². The molecule has 0 fully saturated rings. The molecule has 20 heavy (non-hydrogen) atoms. The Kier molecular flexibility index (Phi) is 7.09. The zero-order valence-electron chi connectivity index (χ0n) is 12.8. The average Bonchev–Trinajstić information content (AvgIpc) is 2.45. The third kappa shape index (κ3) is 5.61. The SMILES string of the molecule is COc1ccc(CN(C)C(=O)CCC(C)CCN)cc1. The van der Waals surface area contributed by atoms with E-state index in [0.29, 0.717) is 25.4 Å². The quantitative estimate of drug-likeness (QED) is 0.794. The first-order valence-electron chi connectivity index (χ1n) is 7.13. The zero-order valence-corrected chi connectivity index (χ0v) is 12.8. The maximum Gasteiger partial charge on any atom is 0.222 e. The minimum Gasteiger partial charge on any atom is -0.497 e. The molecule has 1 unspecified atom stereocenters. The standard InChI is InChI=1S/C16H26N2O2/c1-13(10-11-17)4-9-16(19)18(2)12-14-5-7-15(20-3)8-6-14/h5-8,13H,4,9-12,17H2,1-3H3. The van der Waals surface area contributed by atoms with Crippen molar-refractivity contribution in [3.05, 3.63) is 29.8 Å². The van der Waals surface area contributed by atoms with Gasteiger partial charge in [0.25, 0.3) is 0 Å². The van der Waals surface area contributed by atoms with Crippen LogP contribution in [0.15, 0.2) is 24.3 Å². The Hall–Kier alpha value is -1.55.